The molecular weight excluding hydrogens is 364 g/mol. The fourth-order valence-corrected chi connectivity index (χ4v) is 4.06. The normalized spacial score (nSPS) is 16.6. The summed E-state index contributed by atoms with van der Waals surface area (Å²) in [7, 11) is -3.52. The van der Waals surface area contributed by atoms with Crippen LogP contribution in [0.5, 0.6) is 5.75 Å². The molecule has 0 aliphatic carbocycles. The Bertz CT molecular complexity index is 923. The third-order valence-corrected chi connectivity index (χ3v) is 6.32. The number of anilines is 2. The van der Waals surface area contributed by atoms with E-state index in [9.17, 15) is 13.2 Å². The number of carbonyl (C=O) groups excluding carboxylic acids is 1. The highest BCUT2D eigenvalue weighted by Gasteiger charge is 2.35. The van der Waals surface area contributed by atoms with Gasteiger partial charge < -0.3 is 10.1 Å². The number of nitrogens with zero attached hydrogens (tertiary/aromatic N) is 1. The zero-order valence-corrected chi connectivity index (χ0v) is 16.5. The third kappa shape index (κ3) is 4.08. The molecule has 27 heavy (non-hydrogen) atoms. The van der Waals surface area contributed by atoms with Crippen molar-refractivity contribution in [1.82, 2.24) is 0 Å². The van der Waals surface area contributed by atoms with E-state index in [2.05, 4.69) is 19.2 Å². The van der Waals surface area contributed by atoms with Gasteiger partial charge in [-0.2, -0.15) is 0 Å². The minimum absolute atomic E-state index is 0.0493. The van der Waals surface area contributed by atoms with Gasteiger partial charge in [-0.3, -0.25) is 9.10 Å². The van der Waals surface area contributed by atoms with Gasteiger partial charge in [0.05, 0.1) is 18.0 Å². The zero-order chi connectivity index (χ0) is 19.6. The third-order valence-electron chi connectivity index (χ3n) is 4.57. The first-order valence-electron chi connectivity index (χ1n) is 8.98. The molecule has 1 aliphatic rings. The van der Waals surface area contributed by atoms with E-state index in [1.54, 1.807) is 31.2 Å². The predicted molar refractivity (Wildman–Crippen MR) is 107 cm³/mol. The minimum atomic E-state index is -3.52. The highest BCUT2D eigenvalue weighted by Crippen LogP contribution is 2.35. The van der Waals surface area contributed by atoms with Crippen molar-refractivity contribution < 1.29 is 17.9 Å². The Hall–Kier alpha value is -2.54. The lowest BCUT2D eigenvalue weighted by atomic mass is 10.0. The second-order valence-electron chi connectivity index (χ2n) is 6.77. The van der Waals surface area contributed by atoms with Gasteiger partial charge in [0.15, 0.2) is 6.10 Å². The summed E-state index contributed by atoms with van der Waals surface area (Å²) in [6.45, 7) is 5.73. The Morgan fingerprint density at radius 1 is 1.19 bits per heavy atom. The fourth-order valence-electron chi connectivity index (χ4n) is 2.93. The molecule has 2 aromatic rings. The molecule has 3 rings (SSSR count). The number of sulfonamides is 1. The molecule has 1 aliphatic heterocycles. The maximum absolute atomic E-state index is 12.7. The van der Waals surface area contributed by atoms with Crippen molar-refractivity contribution in [2.75, 3.05) is 21.9 Å². The maximum Gasteiger partial charge on any atom is 0.267 e. The lowest BCUT2D eigenvalue weighted by Gasteiger charge is -2.34. The van der Waals surface area contributed by atoms with Gasteiger partial charge in [0.2, 0.25) is 10.0 Å². The Balaban J connectivity index is 1.81. The van der Waals surface area contributed by atoms with Gasteiger partial charge >= 0.3 is 0 Å². The van der Waals surface area contributed by atoms with Gasteiger partial charge in [-0.1, -0.05) is 38.1 Å². The van der Waals surface area contributed by atoms with E-state index in [0.29, 0.717) is 23.0 Å². The molecule has 2 aromatic carbocycles. The van der Waals surface area contributed by atoms with Gasteiger partial charge in [0.25, 0.3) is 5.91 Å². The molecule has 1 N–H and O–H groups in total. The van der Waals surface area contributed by atoms with Crippen molar-refractivity contribution in [3.8, 4) is 5.75 Å². The number of carbonyl (C=O) groups is 1. The molecule has 0 spiro atoms. The topological polar surface area (TPSA) is 75.7 Å². The quantitative estimate of drug-likeness (QED) is 0.852. The SMILES string of the molecule is CCS(=O)(=O)N1CC(C(=O)Nc2ccc(C(C)C)cc2)Oc2ccccc21. The second kappa shape index (κ2) is 7.60. The number of ether oxygens (including phenoxy) is 1. The Morgan fingerprint density at radius 3 is 2.48 bits per heavy atom. The first-order chi connectivity index (χ1) is 12.8. The minimum Gasteiger partial charge on any atom is -0.476 e. The van der Waals surface area contributed by atoms with Crippen LogP contribution in [0.15, 0.2) is 48.5 Å². The number of amides is 1. The molecule has 0 saturated heterocycles. The van der Waals surface area contributed by atoms with Gasteiger partial charge in [-0.25, -0.2) is 8.42 Å². The summed E-state index contributed by atoms with van der Waals surface area (Å²) in [5.74, 6) is 0.363. The molecule has 0 radical (unpaired) electrons. The van der Waals surface area contributed by atoms with E-state index in [0.717, 1.165) is 0 Å². The first-order valence-corrected chi connectivity index (χ1v) is 10.6. The van der Waals surface area contributed by atoms with Gasteiger partial charge in [-0.05, 0) is 42.7 Å². The van der Waals surface area contributed by atoms with Crippen LogP contribution >= 0.6 is 0 Å². The number of hydrogen-bond acceptors (Lipinski definition) is 4. The largest absolute Gasteiger partial charge is 0.476 e. The molecule has 1 amide bonds. The average Bonchev–Trinajstić information content (AvgIpc) is 2.67. The van der Waals surface area contributed by atoms with Crippen LogP contribution in [0.4, 0.5) is 11.4 Å². The van der Waals surface area contributed by atoms with E-state index < -0.39 is 16.1 Å². The molecule has 6 nitrogen and oxygen atoms in total. The van der Waals surface area contributed by atoms with Crippen molar-refractivity contribution in [3.63, 3.8) is 0 Å². The Labute approximate surface area is 160 Å². The summed E-state index contributed by atoms with van der Waals surface area (Å²) in [5, 5.41) is 2.81. The summed E-state index contributed by atoms with van der Waals surface area (Å²) in [4.78, 5) is 12.7. The van der Waals surface area contributed by atoms with Gasteiger partial charge in [-0.15, -0.1) is 0 Å². The smallest absolute Gasteiger partial charge is 0.267 e. The number of nitrogens with one attached hydrogen (secondary N) is 1. The number of fused-ring (bicyclic) bond motifs is 1. The Morgan fingerprint density at radius 2 is 1.85 bits per heavy atom. The molecule has 7 heteroatoms. The summed E-state index contributed by atoms with van der Waals surface area (Å²) < 4.78 is 32.0. The number of hydrogen-bond donors (Lipinski definition) is 1. The van der Waals surface area contributed by atoms with E-state index >= 15 is 0 Å². The first kappa shape index (κ1) is 19.2. The fraction of sp³-hybridized carbons (Fsp3) is 0.350. The summed E-state index contributed by atoms with van der Waals surface area (Å²) >= 11 is 0. The molecule has 1 heterocycles. The van der Waals surface area contributed by atoms with Crippen LogP contribution in [-0.4, -0.2) is 32.7 Å². The lowest BCUT2D eigenvalue weighted by molar-refractivity contribution is -0.122. The van der Waals surface area contributed by atoms with Gasteiger partial charge in [0, 0.05) is 5.69 Å². The second-order valence-corrected chi connectivity index (χ2v) is 8.95. The number of rotatable bonds is 5. The molecular formula is C20H24N2O4S. The molecule has 1 atom stereocenters. The predicted octanol–water partition coefficient (Wildman–Crippen LogP) is 3.37. The average molecular weight is 388 g/mol. The van der Waals surface area contributed by atoms with Crippen molar-refractivity contribution in [1.29, 1.82) is 0 Å². The molecule has 1 unspecified atom stereocenters. The van der Waals surface area contributed by atoms with E-state index in [1.807, 2.05) is 24.3 Å². The van der Waals surface area contributed by atoms with Crippen molar-refractivity contribution in [2.24, 2.45) is 0 Å². The highest BCUT2D eigenvalue weighted by molar-refractivity contribution is 7.92. The molecule has 144 valence electrons. The summed E-state index contributed by atoms with van der Waals surface area (Å²) in [5.41, 5.74) is 2.29. The van der Waals surface area contributed by atoms with Crippen LogP contribution in [0, 0.1) is 0 Å². The van der Waals surface area contributed by atoms with Crippen molar-refractivity contribution in [3.05, 3.63) is 54.1 Å². The molecule has 0 saturated carbocycles. The van der Waals surface area contributed by atoms with Crippen LogP contribution in [0.25, 0.3) is 0 Å². The van der Waals surface area contributed by atoms with Crippen LogP contribution in [0.2, 0.25) is 0 Å². The van der Waals surface area contributed by atoms with Crippen LogP contribution < -0.4 is 14.4 Å². The highest BCUT2D eigenvalue weighted by atomic mass is 32.2. The summed E-state index contributed by atoms with van der Waals surface area (Å²) in [6.07, 6.45) is -0.925. The van der Waals surface area contributed by atoms with Gasteiger partial charge in [0.1, 0.15) is 5.75 Å². The monoisotopic (exact) mass is 388 g/mol. The van der Waals surface area contributed by atoms with Crippen LogP contribution in [0.1, 0.15) is 32.3 Å². The molecule has 0 aromatic heterocycles. The maximum atomic E-state index is 12.7. The van der Waals surface area contributed by atoms with Crippen LogP contribution in [0.3, 0.4) is 0 Å². The van der Waals surface area contributed by atoms with E-state index in [4.69, 9.17) is 4.74 Å². The number of benzene rings is 2. The zero-order valence-electron chi connectivity index (χ0n) is 15.7. The summed E-state index contributed by atoms with van der Waals surface area (Å²) in [6, 6.07) is 14.5. The molecule has 0 bridgehead atoms. The van der Waals surface area contributed by atoms with E-state index in [1.165, 1.54) is 9.87 Å². The Kier molecular flexibility index (Phi) is 5.41. The standard InChI is InChI=1S/C20H24N2O4S/c1-4-27(24,25)22-13-19(26-18-8-6-5-7-17(18)22)20(23)21-16-11-9-15(10-12-16)14(2)3/h5-12,14,19H,4,13H2,1-3H3,(H,21,23). The lowest BCUT2D eigenvalue weighted by Crippen LogP contribution is -2.49. The van der Waals surface area contributed by atoms with Crippen LogP contribution in [-0.2, 0) is 14.8 Å². The molecule has 0 fully saturated rings. The number of para-hydroxylation sites is 2. The van der Waals surface area contributed by atoms with Crippen molar-refractivity contribution >= 4 is 27.3 Å². The van der Waals surface area contributed by atoms with E-state index in [-0.39, 0.29) is 18.2 Å². The van der Waals surface area contributed by atoms with Crippen molar-refractivity contribution in [2.45, 2.75) is 32.8 Å².